The average Bonchev–Trinajstić information content (AvgIpc) is 2.75. The summed E-state index contributed by atoms with van der Waals surface area (Å²) < 4.78 is 21.1. The molecule has 0 aliphatic rings. The molecule has 0 saturated carbocycles. The van der Waals surface area contributed by atoms with Gasteiger partial charge in [-0.3, -0.25) is 4.79 Å². The monoisotopic (exact) mass is 410 g/mol. The lowest BCUT2D eigenvalue weighted by Crippen LogP contribution is -2.21. The van der Waals surface area contributed by atoms with Crippen molar-refractivity contribution in [3.05, 3.63) is 75.6 Å². The third kappa shape index (κ3) is 4.51. The molecule has 0 N–H and O–H groups in total. The largest absolute Gasteiger partial charge is 0.474 e. The molecule has 3 aromatic rings. The Balaban J connectivity index is 1.98. The minimum atomic E-state index is -0.963. The first kappa shape index (κ1) is 21.1. The van der Waals surface area contributed by atoms with Crippen LogP contribution in [0.3, 0.4) is 0 Å². The summed E-state index contributed by atoms with van der Waals surface area (Å²) in [4.78, 5) is 36.4. The van der Waals surface area contributed by atoms with E-state index in [1.165, 1.54) is 7.11 Å². The molecule has 1 aromatic heterocycles. The predicted octanol–water partition coefficient (Wildman–Crippen LogP) is 3.50. The second-order valence-electron chi connectivity index (χ2n) is 6.56. The first-order valence-corrected chi connectivity index (χ1v) is 9.46. The van der Waals surface area contributed by atoms with Crippen LogP contribution in [0, 0.1) is 6.92 Å². The van der Waals surface area contributed by atoms with E-state index in [2.05, 4.69) is 4.74 Å². The molecule has 30 heavy (non-hydrogen) atoms. The minimum absolute atomic E-state index is 0.169. The maximum Gasteiger partial charge on any atom is 0.352 e. The predicted molar refractivity (Wildman–Crippen MR) is 109 cm³/mol. The number of ether oxygens (including phenoxy) is 3. The zero-order valence-corrected chi connectivity index (χ0v) is 17.0. The Morgan fingerprint density at radius 3 is 2.50 bits per heavy atom. The second kappa shape index (κ2) is 9.26. The van der Waals surface area contributed by atoms with Crippen molar-refractivity contribution in [3.8, 4) is 5.75 Å². The van der Waals surface area contributed by atoms with Crippen molar-refractivity contribution in [1.82, 2.24) is 0 Å². The highest BCUT2D eigenvalue weighted by Gasteiger charge is 2.24. The van der Waals surface area contributed by atoms with Crippen LogP contribution in [0.1, 0.15) is 29.7 Å². The zero-order chi connectivity index (χ0) is 21.7. The summed E-state index contributed by atoms with van der Waals surface area (Å²) in [6.45, 7) is 3.68. The Morgan fingerprint density at radius 1 is 1.10 bits per heavy atom. The standard InChI is InChI=1S/C23H22O7/c1-4-28-23(26)21(15-8-6-5-7-9-15)29-16-10-11-17-14(2)18(13-20(24)27-3)22(25)30-19(17)12-16/h5-12,21H,4,13H2,1-3H3/t21-/m0/s1. The maximum absolute atomic E-state index is 12.4. The Kier molecular flexibility index (Phi) is 6.51. The lowest BCUT2D eigenvalue weighted by atomic mass is 10.0. The quantitative estimate of drug-likeness (QED) is 0.435. The molecule has 0 spiro atoms. The van der Waals surface area contributed by atoms with Crippen LogP contribution in [-0.2, 0) is 25.5 Å². The van der Waals surface area contributed by atoms with Gasteiger partial charge in [0.15, 0.2) is 0 Å². The van der Waals surface area contributed by atoms with E-state index in [9.17, 15) is 14.4 Å². The van der Waals surface area contributed by atoms with Crippen molar-refractivity contribution in [3.63, 3.8) is 0 Å². The normalized spacial score (nSPS) is 11.7. The highest BCUT2D eigenvalue weighted by atomic mass is 16.6. The second-order valence-corrected chi connectivity index (χ2v) is 6.56. The van der Waals surface area contributed by atoms with Crippen molar-refractivity contribution in [2.24, 2.45) is 0 Å². The number of carbonyl (C=O) groups excluding carboxylic acids is 2. The van der Waals surface area contributed by atoms with Gasteiger partial charge in [0.1, 0.15) is 11.3 Å². The van der Waals surface area contributed by atoms with Gasteiger partial charge in [0.2, 0.25) is 6.10 Å². The molecule has 0 aliphatic carbocycles. The van der Waals surface area contributed by atoms with Crippen LogP contribution in [0.15, 0.2) is 57.7 Å². The van der Waals surface area contributed by atoms with Gasteiger partial charge in [0.05, 0.1) is 25.7 Å². The molecule has 0 aliphatic heterocycles. The minimum Gasteiger partial charge on any atom is -0.474 e. The van der Waals surface area contributed by atoms with Crippen LogP contribution >= 0.6 is 0 Å². The van der Waals surface area contributed by atoms with Gasteiger partial charge in [0, 0.05) is 17.0 Å². The van der Waals surface area contributed by atoms with E-state index in [1.807, 2.05) is 6.07 Å². The Morgan fingerprint density at radius 2 is 1.83 bits per heavy atom. The molecule has 1 atom stereocenters. The summed E-state index contributed by atoms with van der Waals surface area (Å²) in [5.74, 6) is -0.702. The van der Waals surface area contributed by atoms with Gasteiger partial charge >= 0.3 is 17.6 Å². The number of benzene rings is 2. The average molecular weight is 410 g/mol. The fourth-order valence-corrected chi connectivity index (χ4v) is 3.10. The van der Waals surface area contributed by atoms with E-state index >= 15 is 0 Å². The molecule has 1 heterocycles. The molecule has 0 saturated heterocycles. The summed E-state index contributed by atoms with van der Waals surface area (Å²) in [5, 5.41) is 0.660. The van der Waals surface area contributed by atoms with Crippen LogP contribution in [-0.4, -0.2) is 25.7 Å². The van der Waals surface area contributed by atoms with Gasteiger partial charge in [-0.1, -0.05) is 30.3 Å². The van der Waals surface area contributed by atoms with Crippen molar-refractivity contribution in [1.29, 1.82) is 0 Å². The molecule has 0 bridgehead atoms. The smallest absolute Gasteiger partial charge is 0.352 e. The molecule has 0 radical (unpaired) electrons. The summed E-state index contributed by atoms with van der Waals surface area (Å²) in [6.07, 6.45) is -1.13. The van der Waals surface area contributed by atoms with Crippen LogP contribution in [0.25, 0.3) is 11.0 Å². The molecule has 0 unspecified atom stereocenters. The van der Waals surface area contributed by atoms with Gasteiger partial charge in [0.25, 0.3) is 0 Å². The fourth-order valence-electron chi connectivity index (χ4n) is 3.10. The van der Waals surface area contributed by atoms with Crippen LogP contribution in [0.5, 0.6) is 5.75 Å². The molecule has 0 amide bonds. The van der Waals surface area contributed by atoms with Crippen LogP contribution in [0.4, 0.5) is 0 Å². The van der Waals surface area contributed by atoms with Gasteiger partial charge in [-0.05, 0) is 31.5 Å². The number of carbonyl (C=O) groups is 2. The van der Waals surface area contributed by atoms with Crippen LogP contribution < -0.4 is 10.4 Å². The summed E-state index contributed by atoms with van der Waals surface area (Å²) in [7, 11) is 1.26. The van der Waals surface area contributed by atoms with Gasteiger partial charge in [-0.15, -0.1) is 0 Å². The molecule has 7 nitrogen and oxygen atoms in total. The topological polar surface area (TPSA) is 92.0 Å². The lowest BCUT2D eigenvalue weighted by molar-refractivity contribution is -0.151. The number of aryl methyl sites for hydroxylation is 1. The van der Waals surface area contributed by atoms with Crippen molar-refractivity contribution in [2.45, 2.75) is 26.4 Å². The van der Waals surface area contributed by atoms with Crippen LogP contribution in [0.2, 0.25) is 0 Å². The lowest BCUT2D eigenvalue weighted by Gasteiger charge is -2.18. The SMILES string of the molecule is CCOC(=O)[C@@H](Oc1ccc2c(C)c(CC(=O)OC)c(=O)oc2c1)c1ccccc1. The molecule has 0 fully saturated rings. The fraction of sp³-hybridized carbons (Fsp3) is 0.261. The Labute approximate surface area is 173 Å². The number of hydrogen-bond donors (Lipinski definition) is 0. The molecule has 2 aromatic carbocycles. The van der Waals surface area contributed by atoms with Crippen molar-refractivity contribution in [2.75, 3.05) is 13.7 Å². The maximum atomic E-state index is 12.4. The van der Waals surface area contributed by atoms with E-state index in [0.29, 0.717) is 27.8 Å². The van der Waals surface area contributed by atoms with Gasteiger partial charge in [-0.25, -0.2) is 9.59 Å². The number of esters is 2. The number of rotatable bonds is 7. The molecule has 156 valence electrons. The van der Waals surface area contributed by atoms with Crippen molar-refractivity contribution >= 4 is 22.9 Å². The first-order valence-electron chi connectivity index (χ1n) is 9.46. The number of hydrogen-bond acceptors (Lipinski definition) is 7. The zero-order valence-electron chi connectivity index (χ0n) is 17.0. The molecule has 3 rings (SSSR count). The highest BCUT2D eigenvalue weighted by Crippen LogP contribution is 2.28. The van der Waals surface area contributed by atoms with E-state index < -0.39 is 23.7 Å². The molecule has 7 heteroatoms. The van der Waals surface area contributed by atoms with E-state index in [0.717, 1.165) is 0 Å². The van der Waals surface area contributed by atoms with E-state index in [-0.39, 0.29) is 18.6 Å². The summed E-state index contributed by atoms with van der Waals surface area (Å²) in [5.41, 5.74) is 1.19. The summed E-state index contributed by atoms with van der Waals surface area (Å²) >= 11 is 0. The van der Waals surface area contributed by atoms with E-state index in [4.69, 9.17) is 13.9 Å². The highest BCUT2D eigenvalue weighted by molar-refractivity contribution is 5.84. The van der Waals surface area contributed by atoms with Crippen molar-refractivity contribution < 1.29 is 28.2 Å². The Bertz CT molecular complexity index is 1120. The van der Waals surface area contributed by atoms with E-state index in [1.54, 1.807) is 56.3 Å². The summed E-state index contributed by atoms with van der Waals surface area (Å²) in [6, 6.07) is 13.9. The third-order valence-electron chi connectivity index (χ3n) is 4.66. The third-order valence-corrected chi connectivity index (χ3v) is 4.66. The first-order chi connectivity index (χ1) is 14.4. The number of fused-ring (bicyclic) bond motifs is 1. The van der Waals surface area contributed by atoms with Gasteiger partial charge in [-0.2, -0.15) is 0 Å². The molecular formula is C23H22O7. The number of methoxy groups -OCH3 is 1. The molecular weight excluding hydrogens is 388 g/mol. The van der Waals surface area contributed by atoms with Gasteiger partial charge < -0.3 is 18.6 Å². The Hall–Kier alpha value is -3.61.